The summed E-state index contributed by atoms with van der Waals surface area (Å²) in [5, 5.41) is 22.3. The van der Waals surface area contributed by atoms with E-state index in [1.807, 2.05) is 0 Å². The summed E-state index contributed by atoms with van der Waals surface area (Å²) in [5.74, 6) is 0.204. The molecule has 1 unspecified atom stereocenters. The molecule has 0 bridgehead atoms. The van der Waals surface area contributed by atoms with E-state index in [0.717, 1.165) is 5.56 Å². The second kappa shape index (κ2) is 5.42. The predicted octanol–water partition coefficient (Wildman–Crippen LogP) is 3.32. The second-order valence-corrected chi connectivity index (χ2v) is 5.68. The van der Waals surface area contributed by atoms with Crippen molar-refractivity contribution >= 4 is 11.3 Å². The Hall–Kier alpha value is -1.52. The zero-order valence-electron chi connectivity index (χ0n) is 10.5. The highest BCUT2D eigenvalue weighted by Crippen LogP contribution is 2.25. The van der Waals surface area contributed by atoms with E-state index >= 15 is 0 Å². The molecule has 1 aromatic carbocycles. The lowest BCUT2D eigenvalue weighted by molar-refractivity contribution is 0.441. The summed E-state index contributed by atoms with van der Waals surface area (Å²) in [6, 6.07) is 9.14. The highest BCUT2D eigenvalue weighted by molar-refractivity contribution is 7.12. The van der Waals surface area contributed by atoms with E-state index in [0.29, 0.717) is 6.54 Å². The molecule has 0 saturated carbocycles. The fraction of sp³-hybridized carbons (Fsp3) is 0.286. The smallest absolute Gasteiger partial charge is 0.123 e. The van der Waals surface area contributed by atoms with Gasteiger partial charge in [-0.1, -0.05) is 6.07 Å². The first-order valence-corrected chi connectivity index (χ1v) is 6.68. The van der Waals surface area contributed by atoms with Crippen molar-refractivity contribution in [3.8, 4) is 11.5 Å². The van der Waals surface area contributed by atoms with E-state index in [-0.39, 0.29) is 17.5 Å². The van der Waals surface area contributed by atoms with Gasteiger partial charge < -0.3 is 15.5 Å². The molecule has 0 amide bonds. The quantitative estimate of drug-likeness (QED) is 0.793. The molecule has 1 atom stereocenters. The zero-order valence-corrected chi connectivity index (χ0v) is 11.3. The van der Waals surface area contributed by atoms with Crippen molar-refractivity contribution in [1.29, 1.82) is 0 Å². The molecule has 0 aliphatic rings. The largest absolute Gasteiger partial charge is 0.508 e. The Morgan fingerprint density at radius 3 is 2.61 bits per heavy atom. The fourth-order valence-electron chi connectivity index (χ4n) is 1.75. The van der Waals surface area contributed by atoms with E-state index < -0.39 is 0 Å². The Morgan fingerprint density at radius 1 is 1.22 bits per heavy atom. The number of aromatic hydroxyl groups is 2. The van der Waals surface area contributed by atoms with Crippen molar-refractivity contribution in [2.75, 3.05) is 0 Å². The van der Waals surface area contributed by atoms with Crippen LogP contribution in [0, 0.1) is 6.92 Å². The topological polar surface area (TPSA) is 52.5 Å². The standard InChI is InChI=1S/C14H17NO2S/c1-9-3-6-14(18-9)10(2)15-8-11-4-5-12(16)7-13(11)17/h3-7,10,15-17H,8H2,1-2H3. The number of rotatable bonds is 4. The van der Waals surface area contributed by atoms with E-state index in [2.05, 4.69) is 31.3 Å². The van der Waals surface area contributed by atoms with Crippen LogP contribution >= 0.6 is 11.3 Å². The lowest BCUT2D eigenvalue weighted by atomic mass is 10.1. The van der Waals surface area contributed by atoms with Gasteiger partial charge in [0.2, 0.25) is 0 Å². The molecule has 3 nitrogen and oxygen atoms in total. The summed E-state index contributed by atoms with van der Waals surface area (Å²) in [7, 11) is 0. The Labute approximate surface area is 111 Å². The van der Waals surface area contributed by atoms with Crippen molar-refractivity contribution in [1.82, 2.24) is 5.32 Å². The van der Waals surface area contributed by atoms with Gasteiger partial charge in [0.25, 0.3) is 0 Å². The SMILES string of the molecule is Cc1ccc(C(C)NCc2ccc(O)cc2O)s1. The van der Waals surface area contributed by atoms with Crippen LogP contribution in [-0.2, 0) is 6.54 Å². The van der Waals surface area contributed by atoms with Gasteiger partial charge in [0.1, 0.15) is 11.5 Å². The van der Waals surface area contributed by atoms with Crippen molar-refractivity contribution in [2.45, 2.75) is 26.4 Å². The van der Waals surface area contributed by atoms with Gasteiger partial charge in [-0.25, -0.2) is 0 Å². The average molecular weight is 263 g/mol. The number of aryl methyl sites for hydroxylation is 1. The van der Waals surface area contributed by atoms with Crippen molar-refractivity contribution in [3.05, 3.63) is 45.6 Å². The minimum Gasteiger partial charge on any atom is -0.508 e. The van der Waals surface area contributed by atoms with Gasteiger partial charge in [-0.2, -0.15) is 0 Å². The van der Waals surface area contributed by atoms with Crippen LogP contribution < -0.4 is 5.32 Å². The Bertz CT molecular complexity index is 536. The van der Waals surface area contributed by atoms with Gasteiger partial charge in [0, 0.05) is 34.0 Å². The van der Waals surface area contributed by atoms with E-state index in [1.165, 1.54) is 15.8 Å². The molecule has 18 heavy (non-hydrogen) atoms. The summed E-state index contributed by atoms with van der Waals surface area (Å²) in [5.41, 5.74) is 0.785. The summed E-state index contributed by atoms with van der Waals surface area (Å²) in [6.07, 6.45) is 0. The minimum absolute atomic E-state index is 0.0816. The highest BCUT2D eigenvalue weighted by atomic mass is 32.1. The third kappa shape index (κ3) is 3.03. The molecule has 0 radical (unpaired) electrons. The van der Waals surface area contributed by atoms with Crippen LogP contribution in [0.4, 0.5) is 0 Å². The maximum Gasteiger partial charge on any atom is 0.123 e. The van der Waals surface area contributed by atoms with Crippen molar-refractivity contribution in [3.63, 3.8) is 0 Å². The molecule has 1 aromatic heterocycles. The van der Waals surface area contributed by atoms with Crippen LogP contribution in [0.25, 0.3) is 0 Å². The van der Waals surface area contributed by atoms with Crippen LogP contribution in [0.5, 0.6) is 11.5 Å². The number of nitrogens with one attached hydrogen (secondary N) is 1. The lowest BCUT2D eigenvalue weighted by Gasteiger charge is -2.13. The molecule has 96 valence electrons. The number of hydrogen-bond acceptors (Lipinski definition) is 4. The van der Waals surface area contributed by atoms with E-state index in [9.17, 15) is 10.2 Å². The first-order chi connectivity index (χ1) is 8.56. The van der Waals surface area contributed by atoms with Gasteiger partial charge in [-0.3, -0.25) is 0 Å². The maximum absolute atomic E-state index is 9.68. The number of hydrogen-bond donors (Lipinski definition) is 3. The van der Waals surface area contributed by atoms with Gasteiger partial charge in [0.05, 0.1) is 0 Å². The first-order valence-electron chi connectivity index (χ1n) is 5.87. The summed E-state index contributed by atoms with van der Waals surface area (Å²) in [6.45, 7) is 4.76. The van der Waals surface area contributed by atoms with Gasteiger partial charge >= 0.3 is 0 Å². The number of phenolic OH excluding ortho intramolecular Hbond substituents is 2. The molecule has 3 N–H and O–H groups in total. The fourth-order valence-corrected chi connectivity index (χ4v) is 2.66. The second-order valence-electron chi connectivity index (χ2n) is 4.36. The average Bonchev–Trinajstić information content (AvgIpc) is 2.74. The Balaban J connectivity index is 1.99. The van der Waals surface area contributed by atoms with E-state index in [4.69, 9.17) is 0 Å². The maximum atomic E-state index is 9.68. The third-order valence-corrected chi connectivity index (χ3v) is 4.04. The molecule has 0 aliphatic carbocycles. The van der Waals surface area contributed by atoms with Crippen molar-refractivity contribution < 1.29 is 10.2 Å². The van der Waals surface area contributed by atoms with Crippen LogP contribution in [0.15, 0.2) is 30.3 Å². The van der Waals surface area contributed by atoms with Gasteiger partial charge in [-0.15, -0.1) is 11.3 Å². The molecule has 4 heteroatoms. The van der Waals surface area contributed by atoms with Crippen molar-refractivity contribution in [2.24, 2.45) is 0 Å². The molecule has 0 fully saturated rings. The monoisotopic (exact) mass is 263 g/mol. The van der Waals surface area contributed by atoms with E-state index in [1.54, 1.807) is 23.5 Å². The normalized spacial score (nSPS) is 12.6. The molecule has 1 heterocycles. The third-order valence-electron chi connectivity index (χ3n) is 2.86. The molecular formula is C14H17NO2S. The molecule has 0 aliphatic heterocycles. The first kappa shape index (κ1) is 12.9. The van der Waals surface area contributed by atoms with Gasteiger partial charge in [-0.05, 0) is 32.0 Å². The molecular weight excluding hydrogens is 246 g/mol. The summed E-state index contributed by atoms with van der Waals surface area (Å²) < 4.78 is 0. The Morgan fingerprint density at radius 2 is 2.00 bits per heavy atom. The number of benzene rings is 1. The van der Waals surface area contributed by atoms with Crippen LogP contribution in [0.1, 0.15) is 28.3 Å². The summed E-state index contributed by atoms with van der Waals surface area (Å²) in [4.78, 5) is 2.58. The number of phenols is 2. The van der Waals surface area contributed by atoms with Crippen LogP contribution in [-0.4, -0.2) is 10.2 Å². The zero-order chi connectivity index (χ0) is 13.1. The molecule has 2 rings (SSSR count). The van der Waals surface area contributed by atoms with Crippen LogP contribution in [0.3, 0.4) is 0 Å². The van der Waals surface area contributed by atoms with Crippen LogP contribution in [0.2, 0.25) is 0 Å². The lowest BCUT2D eigenvalue weighted by Crippen LogP contribution is -2.17. The molecule has 2 aromatic rings. The predicted molar refractivity (Wildman–Crippen MR) is 74.1 cm³/mol. The Kier molecular flexibility index (Phi) is 3.89. The summed E-state index contributed by atoms with van der Waals surface area (Å²) >= 11 is 1.77. The number of thiophene rings is 1. The molecule has 0 saturated heterocycles. The molecule has 0 spiro atoms. The minimum atomic E-state index is 0.0816. The highest BCUT2D eigenvalue weighted by Gasteiger charge is 2.08. The van der Waals surface area contributed by atoms with Gasteiger partial charge in [0.15, 0.2) is 0 Å².